The van der Waals surface area contributed by atoms with E-state index in [1.165, 1.54) is 11.9 Å². The topological polar surface area (TPSA) is 84.7 Å². The van der Waals surface area contributed by atoms with Crippen molar-refractivity contribution in [2.75, 3.05) is 18.9 Å². The zero-order chi connectivity index (χ0) is 22.5. The molecule has 31 heavy (non-hydrogen) atoms. The number of nitrogens with one attached hydrogen (secondary N) is 1. The van der Waals surface area contributed by atoms with Gasteiger partial charge < -0.3 is 19.5 Å². The molecule has 0 aliphatic rings. The number of amides is 2. The van der Waals surface area contributed by atoms with Gasteiger partial charge in [0, 0.05) is 12.6 Å². The number of hydrogen-bond donors (Lipinski definition) is 1. The van der Waals surface area contributed by atoms with Gasteiger partial charge in [-0.3, -0.25) is 9.59 Å². The summed E-state index contributed by atoms with van der Waals surface area (Å²) in [5, 5.41) is 7.17. The van der Waals surface area contributed by atoms with Crippen molar-refractivity contribution in [1.82, 2.24) is 10.1 Å². The van der Waals surface area contributed by atoms with Crippen LogP contribution in [0.2, 0.25) is 10.0 Å². The summed E-state index contributed by atoms with van der Waals surface area (Å²) in [7, 11) is 1.54. The molecule has 0 aliphatic heterocycles. The molecule has 0 aliphatic carbocycles. The summed E-state index contributed by atoms with van der Waals surface area (Å²) in [6, 6.07) is 11.7. The molecule has 2 aromatic carbocycles. The highest BCUT2D eigenvalue weighted by molar-refractivity contribution is 6.39. The fraction of sp³-hybridized carbons (Fsp3) is 0.227. The second-order valence-electron chi connectivity index (χ2n) is 6.93. The highest BCUT2D eigenvalue weighted by Gasteiger charge is 2.18. The van der Waals surface area contributed by atoms with Gasteiger partial charge in [0.25, 0.3) is 5.91 Å². The molecule has 0 fully saturated rings. The minimum Gasteiger partial charge on any atom is -0.489 e. The Kier molecular flexibility index (Phi) is 7.20. The van der Waals surface area contributed by atoms with E-state index in [0.717, 1.165) is 11.3 Å². The molecule has 3 aromatic rings. The molecule has 0 saturated carbocycles. The standard InChI is InChI=1S/C22H21Cl2N3O4/c1-13-17(14(2)31-26-13)12-30-16-7-4-6-15(10-16)22(29)27(3)11-20(28)25-21-18(23)8-5-9-19(21)24/h4-10H,11-12H2,1-3H3,(H,25,28). The second-order valence-corrected chi connectivity index (χ2v) is 7.74. The first-order chi connectivity index (χ1) is 14.8. The first-order valence-corrected chi connectivity index (χ1v) is 10.2. The van der Waals surface area contributed by atoms with Crippen molar-refractivity contribution < 1.29 is 18.8 Å². The molecular formula is C22H21Cl2N3O4. The number of aryl methyl sites for hydroxylation is 2. The molecule has 0 radical (unpaired) electrons. The van der Waals surface area contributed by atoms with Crippen LogP contribution in [0.25, 0.3) is 0 Å². The van der Waals surface area contributed by atoms with Crippen molar-refractivity contribution in [3.63, 3.8) is 0 Å². The van der Waals surface area contributed by atoms with Crippen LogP contribution in [0.3, 0.4) is 0 Å². The molecule has 1 aromatic heterocycles. The second kappa shape index (κ2) is 9.85. The van der Waals surface area contributed by atoms with E-state index in [1.807, 2.05) is 13.8 Å². The van der Waals surface area contributed by atoms with Crippen molar-refractivity contribution in [3.8, 4) is 5.75 Å². The minimum atomic E-state index is -0.420. The molecule has 0 atom stereocenters. The van der Waals surface area contributed by atoms with E-state index in [1.54, 1.807) is 42.5 Å². The normalized spacial score (nSPS) is 10.6. The molecule has 0 saturated heterocycles. The molecule has 3 rings (SSSR count). The van der Waals surface area contributed by atoms with Gasteiger partial charge in [-0.15, -0.1) is 0 Å². The summed E-state index contributed by atoms with van der Waals surface area (Å²) in [5.74, 6) is 0.459. The van der Waals surface area contributed by atoms with Crippen LogP contribution in [0.1, 0.15) is 27.4 Å². The summed E-state index contributed by atoms with van der Waals surface area (Å²) in [6.45, 7) is 3.75. The van der Waals surface area contributed by atoms with Crippen LogP contribution >= 0.6 is 23.2 Å². The number of likely N-dealkylation sites (N-methyl/N-ethyl adjacent to an activating group) is 1. The van der Waals surface area contributed by atoms with Crippen LogP contribution in [0.15, 0.2) is 47.0 Å². The van der Waals surface area contributed by atoms with Crippen LogP contribution in [0.4, 0.5) is 5.69 Å². The van der Waals surface area contributed by atoms with Gasteiger partial charge in [0.1, 0.15) is 18.1 Å². The zero-order valence-corrected chi connectivity index (χ0v) is 18.8. The van der Waals surface area contributed by atoms with Crippen molar-refractivity contribution >= 4 is 40.7 Å². The maximum absolute atomic E-state index is 12.8. The Morgan fingerprint density at radius 2 is 1.81 bits per heavy atom. The molecule has 2 amide bonds. The molecule has 162 valence electrons. The summed E-state index contributed by atoms with van der Waals surface area (Å²) in [5.41, 5.74) is 2.33. The Bertz CT molecular complexity index is 1070. The number of anilines is 1. The van der Waals surface area contributed by atoms with E-state index >= 15 is 0 Å². The van der Waals surface area contributed by atoms with E-state index in [-0.39, 0.29) is 19.1 Å². The number of hydrogen-bond acceptors (Lipinski definition) is 5. The van der Waals surface area contributed by atoms with Gasteiger partial charge >= 0.3 is 0 Å². The first kappa shape index (κ1) is 22.7. The molecule has 1 heterocycles. The predicted octanol–water partition coefficient (Wildman–Crippen LogP) is 4.89. The van der Waals surface area contributed by atoms with Crippen LogP contribution < -0.4 is 10.1 Å². The van der Waals surface area contributed by atoms with Crippen LogP contribution in [-0.2, 0) is 11.4 Å². The van der Waals surface area contributed by atoms with Gasteiger partial charge in [0.15, 0.2) is 0 Å². The average Bonchev–Trinajstić information content (AvgIpc) is 3.06. The van der Waals surface area contributed by atoms with Gasteiger partial charge in [-0.1, -0.05) is 40.5 Å². The highest BCUT2D eigenvalue weighted by atomic mass is 35.5. The van der Waals surface area contributed by atoms with E-state index in [4.69, 9.17) is 32.5 Å². The van der Waals surface area contributed by atoms with Crippen LogP contribution in [0, 0.1) is 13.8 Å². The number of carbonyl (C=O) groups is 2. The van der Waals surface area contributed by atoms with Gasteiger partial charge in [-0.25, -0.2) is 0 Å². The lowest BCUT2D eigenvalue weighted by Gasteiger charge is -2.18. The molecule has 1 N–H and O–H groups in total. The van der Waals surface area contributed by atoms with Crippen molar-refractivity contribution in [2.24, 2.45) is 0 Å². The Balaban J connectivity index is 1.62. The number of nitrogens with zero attached hydrogens (tertiary/aromatic N) is 2. The van der Waals surface area contributed by atoms with Crippen molar-refractivity contribution in [1.29, 1.82) is 0 Å². The summed E-state index contributed by atoms with van der Waals surface area (Å²) >= 11 is 12.1. The molecule has 9 heteroatoms. The molecule has 7 nitrogen and oxygen atoms in total. The largest absolute Gasteiger partial charge is 0.489 e. The summed E-state index contributed by atoms with van der Waals surface area (Å²) < 4.78 is 10.9. The van der Waals surface area contributed by atoms with Crippen LogP contribution in [0.5, 0.6) is 5.75 Å². The maximum atomic E-state index is 12.8. The predicted molar refractivity (Wildman–Crippen MR) is 119 cm³/mol. The molecule has 0 spiro atoms. The average molecular weight is 462 g/mol. The van der Waals surface area contributed by atoms with Gasteiger partial charge in [0.05, 0.1) is 33.5 Å². The lowest BCUT2D eigenvalue weighted by Crippen LogP contribution is -2.35. The van der Waals surface area contributed by atoms with Crippen molar-refractivity contribution in [3.05, 3.63) is 75.1 Å². The molecular weight excluding hydrogens is 441 g/mol. The fourth-order valence-corrected chi connectivity index (χ4v) is 3.38. The van der Waals surface area contributed by atoms with Crippen molar-refractivity contribution in [2.45, 2.75) is 20.5 Å². The highest BCUT2D eigenvalue weighted by Crippen LogP contribution is 2.29. The monoisotopic (exact) mass is 461 g/mol. The Morgan fingerprint density at radius 1 is 1.13 bits per heavy atom. The van der Waals surface area contributed by atoms with Gasteiger partial charge in [-0.2, -0.15) is 0 Å². The minimum absolute atomic E-state index is 0.176. The maximum Gasteiger partial charge on any atom is 0.254 e. The summed E-state index contributed by atoms with van der Waals surface area (Å²) in [4.78, 5) is 26.4. The van der Waals surface area contributed by atoms with Gasteiger partial charge in [0.2, 0.25) is 5.91 Å². The Morgan fingerprint density at radius 3 is 2.45 bits per heavy atom. The lowest BCUT2D eigenvalue weighted by molar-refractivity contribution is -0.116. The Hall–Kier alpha value is -3.03. The smallest absolute Gasteiger partial charge is 0.254 e. The number of rotatable bonds is 7. The summed E-state index contributed by atoms with van der Waals surface area (Å²) in [6.07, 6.45) is 0. The molecule has 0 unspecified atom stereocenters. The molecule has 0 bridgehead atoms. The van der Waals surface area contributed by atoms with E-state index in [0.29, 0.717) is 32.8 Å². The number of para-hydroxylation sites is 1. The number of carbonyl (C=O) groups excluding carboxylic acids is 2. The van der Waals surface area contributed by atoms with Gasteiger partial charge in [-0.05, 0) is 44.2 Å². The van der Waals surface area contributed by atoms with E-state index < -0.39 is 5.91 Å². The third-order valence-electron chi connectivity index (χ3n) is 4.60. The third-order valence-corrected chi connectivity index (χ3v) is 5.23. The SMILES string of the molecule is Cc1noc(C)c1COc1cccc(C(=O)N(C)CC(=O)Nc2c(Cl)cccc2Cl)c1. The number of halogens is 2. The number of benzene rings is 2. The fourth-order valence-electron chi connectivity index (χ4n) is 2.89. The number of ether oxygens (including phenoxy) is 1. The Labute approximate surface area is 189 Å². The van der Waals surface area contributed by atoms with E-state index in [9.17, 15) is 9.59 Å². The lowest BCUT2D eigenvalue weighted by atomic mass is 10.2. The third kappa shape index (κ3) is 5.57. The quantitative estimate of drug-likeness (QED) is 0.541. The van der Waals surface area contributed by atoms with Crippen LogP contribution in [-0.4, -0.2) is 35.5 Å². The first-order valence-electron chi connectivity index (χ1n) is 9.40. The number of aromatic nitrogens is 1. The zero-order valence-electron chi connectivity index (χ0n) is 17.2. The van der Waals surface area contributed by atoms with E-state index in [2.05, 4.69) is 10.5 Å².